The van der Waals surface area contributed by atoms with Gasteiger partial charge in [0.05, 0.1) is 13.5 Å². The maximum absolute atomic E-state index is 10.9. The first kappa shape index (κ1) is 14.8. The first-order valence-electron chi connectivity index (χ1n) is 5.64. The Balaban J connectivity index is 3.00. The predicted molar refractivity (Wildman–Crippen MR) is 71.6 cm³/mol. The Morgan fingerprint density at radius 3 is 2.61 bits per heavy atom. The zero-order valence-electron chi connectivity index (χ0n) is 10.8. The fourth-order valence-corrected chi connectivity index (χ4v) is 2.22. The fourth-order valence-electron chi connectivity index (χ4n) is 1.89. The van der Waals surface area contributed by atoms with Gasteiger partial charge < -0.3 is 14.7 Å². The molecule has 0 radical (unpaired) electrons. The van der Waals surface area contributed by atoms with E-state index >= 15 is 0 Å². The Hall–Kier alpha value is -1.26. The van der Waals surface area contributed by atoms with E-state index in [0.717, 1.165) is 5.56 Å². The normalized spacial score (nSPS) is 12.5. The second kappa shape index (κ2) is 6.61. The van der Waals surface area contributed by atoms with Gasteiger partial charge in [-0.05, 0) is 31.8 Å². The van der Waals surface area contributed by atoms with Crippen LogP contribution < -0.4 is 4.74 Å². The highest BCUT2D eigenvalue weighted by molar-refractivity contribution is 6.31. The van der Waals surface area contributed by atoms with Crippen LogP contribution in [0.4, 0.5) is 0 Å². The molecule has 1 unspecified atom stereocenters. The quantitative estimate of drug-likeness (QED) is 0.864. The lowest BCUT2D eigenvalue weighted by Crippen LogP contribution is -2.22. The van der Waals surface area contributed by atoms with Gasteiger partial charge in [0, 0.05) is 17.5 Å². The van der Waals surface area contributed by atoms with E-state index in [1.54, 1.807) is 19.2 Å². The number of hydrogen-bond acceptors (Lipinski definition) is 3. The summed E-state index contributed by atoms with van der Waals surface area (Å²) in [7, 11) is 5.39. The maximum atomic E-state index is 10.9. The molecule has 1 N–H and O–H groups in total. The standard InChI is InChI=1S/C13H18ClNO3/c1-15(2)8-9(6-13(16)17)11-5-4-10(18-3)7-12(11)14/h4-5,7,9H,6,8H2,1-3H3,(H,16,17). The predicted octanol–water partition coefficient (Wildman–Crippen LogP) is 2.47. The van der Waals surface area contributed by atoms with Gasteiger partial charge in [-0.1, -0.05) is 17.7 Å². The highest BCUT2D eigenvalue weighted by Crippen LogP contribution is 2.30. The number of nitrogens with zero attached hydrogens (tertiary/aromatic N) is 1. The molecule has 0 amide bonds. The minimum absolute atomic E-state index is 0.0598. The SMILES string of the molecule is COc1ccc(C(CC(=O)O)CN(C)C)c(Cl)c1. The number of likely N-dealkylation sites (N-methyl/N-ethyl adjacent to an activating group) is 1. The van der Waals surface area contributed by atoms with Crippen molar-refractivity contribution in [3.05, 3.63) is 28.8 Å². The van der Waals surface area contributed by atoms with Crippen LogP contribution in [-0.4, -0.2) is 43.7 Å². The second-order valence-electron chi connectivity index (χ2n) is 4.44. The molecule has 100 valence electrons. The number of halogens is 1. The number of ether oxygens (including phenoxy) is 1. The lowest BCUT2D eigenvalue weighted by molar-refractivity contribution is -0.137. The molecule has 0 aliphatic carbocycles. The largest absolute Gasteiger partial charge is 0.497 e. The lowest BCUT2D eigenvalue weighted by atomic mass is 9.95. The van der Waals surface area contributed by atoms with E-state index in [0.29, 0.717) is 17.3 Å². The van der Waals surface area contributed by atoms with E-state index in [1.165, 1.54) is 0 Å². The van der Waals surface area contributed by atoms with E-state index in [2.05, 4.69) is 0 Å². The topological polar surface area (TPSA) is 49.8 Å². The molecule has 5 heteroatoms. The number of hydrogen-bond donors (Lipinski definition) is 1. The molecule has 1 aromatic rings. The number of carboxylic acids is 1. The van der Waals surface area contributed by atoms with Crippen LogP contribution >= 0.6 is 11.6 Å². The molecule has 0 saturated heterocycles. The van der Waals surface area contributed by atoms with Crippen LogP contribution in [0.25, 0.3) is 0 Å². The van der Waals surface area contributed by atoms with Gasteiger partial charge in [0.25, 0.3) is 0 Å². The third-order valence-corrected chi connectivity index (χ3v) is 2.98. The molecule has 1 aromatic carbocycles. The molecule has 0 fully saturated rings. The van der Waals surface area contributed by atoms with Gasteiger partial charge in [0.2, 0.25) is 0 Å². The summed E-state index contributed by atoms with van der Waals surface area (Å²) in [6.45, 7) is 0.637. The van der Waals surface area contributed by atoms with E-state index in [-0.39, 0.29) is 12.3 Å². The molecule has 4 nitrogen and oxygen atoms in total. The molecular weight excluding hydrogens is 254 g/mol. The molecule has 1 rings (SSSR count). The highest BCUT2D eigenvalue weighted by Gasteiger charge is 2.19. The Kier molecular flexibility index (Phi) is 5.44. The van der Waals surface area contributed by atoms with E-state index in [1.807, 2.05) is 25.1 Å². The molecule has 1 atom stereocenters. The third kappa shape index (κ3) is 4.20. The van der Waals surface area contributed by atoms with Crippen molar-refractivity contribution in [1.29, 1.82) is 0 Å². The van der Waals surface area contributed by atoms with Crippen molar-refractivity contribution in [2.45, 2.75) is 12.3 Å². The van der Waals surface area contributed by atoms with Gasteiger partial charge in [0.1, 0.15) is 5.75 Å². The molecule has 0 bridgehead atoms. The Morgan fingerprint density at radius 2 is 2.17 bits per heavy atom. The van der Waals surface area contributed by atoms with Gasteiger partial charge in [-0.2, -0.15) is 0 Å². The van der Waals surface area contributed by atoms with Crippen LogP contribution in [0.2, 0.25) is 5.02 Å². The van der Waals surface area contributed by atoms with E-state index in [4.69, 9.17) is 21.4 Å². The van der Waals surface area contributed by atoms with Crippen LogP contribution in [0.5, 0.6) is 5.75 Å². The molecule has 18 heavy (non-hydrogen) atoms. The molecule has 0 saturated carbocycles. The summed E-state index contributed by atoms with van der Waals surface area (Å²) >= 11 is 6.18. The lowest BCUT2D eigenvalue weighted by Gasteiger charge is -2.21. The van der Waals surface area contributed by atoms with Crippen molar-refractivity contribution in [1.82, 2.24) is 4.90 Å². The molecule has 0 aromatic heterocycles. The Labute approximate surface area is 112 Å². The summed E-state index contributed by atoms with van der Waals surface area (Å²) in [5, 5.41) is 9.51. The van der Waals surface area contributed by atoms with Crippen molar-refractivity contribution in [2.24, 2.45) is 0 Å². The van der Waals surface area contributed by atoms with Crippen LogP contribution in [0.3, 0.4) is 0 Å². The van der Waals surface area contributed by atoms with Gasteiger partial charge in [-0.25, -0.2) is 0 Å². The summed E-state index contributed by atoms with van der Waals surface area (Å²) in [5.41, 5.74) is 0.841. The van der Waals surface area contributed by atoms with Crippen molar-refractivity contribution < 1.29 is 14.6 Å². The number of carboxylic acid groups (broad SMARTS) is 1. The summed E-state index contributed by atoms with van der Waals surface area (Å²) in [4.78, 5) is 12.9. The summed E-state index contributed by atoms with van der Waals surface area (Å²) in [5.74, 6) is -0.285. The zero-order chi connectivity index (χ0) is 13.7. The van der Waals surface area contributed by atoms with Crippen molar-refractivity contribution in [2.75, 3.05) is 27.7 Å². The van der Waals surface area contributed by atoms with Gasteiger partial charge in [0.15, 0.2) is 0 Å². The number of methoxy groups -OCH3 is 1. The van der Waals surface area contributed by atoms with Crippen LogP contribution in [0.1, 0.15) is 17.9 Å². The smallest absolute Gasteiger partial charge is 0.304 e. The second-order valence-corrected chi connectivity index (χ2v) is 4.85. The van der Waals surface area contributed by atoms with Gasteiger partial charge in [-0.15, -0.1) is 0 Å². The maximum Gasteiger partial charge on any atom is 0.304 e. The third-order valence-electron chi connectivity index (χ3n) is 2.65. The van der Waals surface area contributed by atoms with Gasteiger partial charge >= 0.3 is 5.97 Å². The van der Waals surface area contributed by atoms with Gasteiger partial charge in [-0.3, -0.25) is 4.79 Å². The molecular formula is C13H18ClNO3. The Morgan fingerprint density at radius 1 is 1.50 bits per heavy atom. The monoisotopic (exact) mass is 271 g/mol. The molecule has 0 spiro atoms. The number of aliphatic carboxylic acids is 1. The number of carbonyl (C=O) groups is 1. The fraction of sp³-hybridized carbons (Fsp3) is 0.462. The summed E-state index contributed by atoms with van der Waals surface area (Å²) in [6.07, 6.45) is 0.0598. The minimum atomic E-state index is -0.825. The summed E-state index contributed by atoms with van der Waals surface area (Å²) in [6, 6.07) is 5.34. The zero-order valence-corrected chi connectivity index (χ0v) is 11.6. The molecule has 0 aliphatic heterocycles. The van der Waals surface area contributed by atoms with Crippen LogP contribution in [0, 0.1) is 0 Å². The van der Waals surface area contributed by atoms with E-state index in [9.17, 15) is 4.79 Å². The van der Waals surface area contributed by atoms with Crippen LogP contribution in [0.15, 0.2) is 18.2 Å². The van der Waals surface area contributed by atoms with Crippen LogP contribution in [-0.2, 0) is 4.79 Å². The molecule has 0 heterocycles. The number of benzene rings is 1. The first-order valence-corrected chi connectivity index (χ1v) is 6.01. The average molecular weight is 272 g/mol. The molecule has 0 aliphatic rings. The van der Waals surface area contributed by atoms with Crippen molar-refractivity contribution >= 4 is 17.6 Å². The number of rotatable bonds is 6. The van der Waals surface area contributed by atoms with Crippen molar-refractivity contribution in [3.8, 4) is 5.75 Å². The first-order chi connectivity index (χ1) is 8.43. The highest BCUT2D eigenvalue weighted by atomic mass is 35.5. The average Bonchev–Trinajstić information content (AvgIpc) is 2.26. The summed E-state index contributed by atoms with van der Waals surface area (Å²) < 4.78 is 5.08. The van der Waals surface area contributed by atoms with Crippen molar-refractivity contribution in [3.63, 3.8) is 0 Å². The van der Waals surface area contributed by atoms with E-state index < -0.39 is 5.97 Å². The Bertz CT molecular complexity index is 421. The minimum Gasteiger partial charge on any atom is -0.497 e.